The fourth-order valence-corrected chi connectivity index (χ4v) is 9.47. The van der Waals surface area contributed by atoms with Crippen LogP contribution in [0.1, 0.15) is 76.1 Å². The zero-order valence-electron chi connectivity index (χ0n) is 33.6. The number of nitrogens with one attached hydrogen (secondary N) is 2. The minimum absolute atomic E-state index is 0.0570. The molecule has 8 rings (SSSR count). The Morgan fingerprint density at radius 2 is 1.18 bits per heavy atom. The van der Waals surface area contributed by atoms with Crippen LogP contribution in [0.5, 0.6) is 11.5 Å². The van der Waals surface area contributed by atoms with Gasteiger partial charge in [0.25, 0.3) is 0 Å². The molecule has 0 radical (unpaired) electrons. The average molecular weight is 907 g/mol. The van der Waals surface area contributed by atoms with E-state index in [1.54, 1.807) is 43.6 Å². The number of benzene rings is 2. The number of nitrogens with two attached hydrogens (primary N) is 1. The maximum atomic E-state index is 14.2. The highest BCUT2D eigenvalue weighted by Crippen LogP contribution is 2.44. The van der Waals surface area contributed by atoms with E-state index in [0.717, 1.165) is 84.7 Å². The molecule has 2 saturated carbocycles. The van der Waals surface area contributed by atoms with Crippen LogP contribution in [0, 0.1) is 17.0 Å². The molecular formula is C45H47Cl2F2N7O3S2. The SMILES string of the molecule is CC(=O)CC1(Cc2cccc(Nc3nccs3)n2)CCC(Oc2cccc(Cl)c2F)CC1.NC1(Cc2cccc(Nc3nccs3)n2)CCC(Oc2cccc(Cl)c2F)CC1. The average Bonchev–Trinajstić information content (AvgIpc) is 3.96. The van der Waals surface area contributed by atoms with Crippen molar-refractivity contribution in [3.63, 3.8) is 0 Å². The van der Waals surface area contributed by atoms with E-state index in [9.17, 15) is 13.6 Å². The van der Waals surface area contributed by atoms with Gasteiger partial charge in [0.05, 0.1) is 22.3 Å². The van der Waals surface area contributed by atoms with Crippen LogP contribution in [0.4, 0.5) is 30.7 Å². The third kappa shape index (κ3) is 12.4. The van der Waals surface area contributed by atoms with Crippen molar-refractivity contribution in [1.29, 1.82) is 0 Å². The lowest BCUT2D eigenvalue weighted by Crippen LogP contribution is -2.47. The summed E-state index contributed by atoms with van der Waals surface area (Å²) in [5, 5.41) is 12.0. The van der Waals surface area contributed by atoms with Crippen molar-refractivity contribution in [1.82, 2.24) is 19.9 Å². The number of halogens is 4. The third-order valence-electron chi connectivity index (χ3n) is 11.0. The van der Waals surface area contributed by atoms with Crippen LogP contribution in [0.2, 0.25) is 10.0 Å². The van der Waals surface area contributed by atoms with Gasteiger partial charge in [-0.2, -0.15) is 0 Å². The molecule has 0 bridgehead atoms. The quantitative estimate of drug-likeness (QED) is 0.0968. The molecule has 10 nitrogen and oxygen atoms in total. The topological polar surface area (TPSA) is 137 Å². The Balaban J connectivity index is 0.000000185. The number of Topliss-reactive ketones (excluding diaryl/α,β-unsaturated/α-hetero) is 1. The maximum Gasteiger partial charge on any atom is 0.188 e. The van der Waals surface area contributed by atoms with Gasteiger partial charge in [0.2, 0.25) is 0 Å². The number of hydrogen-bond donors (Lipinski definition) is 3. The standard InChI is InChI=1S/C24H25ClFN3O2S.C21H22ClFN4OS/c1-16(30)14-24(15-17-4-2-7-21(28-17)29-23-27-12-13-32-23)10-8-18(9-11-24)31-20-6-3-5-19(25)22(20)26;22-16-4-2-5-17(19(16)23)28-15-7-9-21(24,10-8-15)13-14-3-1-6-18(26-14)27-20-25-11-12-29-20/h2-7,12-13,18H,8-11,14-15H2,1H3,(H,27,28,29);1-6,11-12,15H,7-10,13,24H2,(H,25,26,27). The molecule has 320 valence electrons. The Bertz CT molecular complexity index is 2360. The number of aromatic nitrogens is 4. The number of ether oxygens (including phenoxy) is 2. The molecule has 2 aliphatic carbocycles. The van der Waals surface area contributed by atoms with Gasteiger partial charge in [-0.05, 0) is 119 Å². The Kier molecular flexibility index (Phi) is 14.8. The normalized spacial score (nSPS) is 21.1. The number of nitrogens with zero attached hydrogens (tertiary/aromatic N) is 4. The highest BCUT2D eigenvalue weighted by molar-refractivity contribution is 7.13. The number of pyridine rings is 2. The fourth-order valence-electron chi connectivity index (χ4n) is 8.07. The minimum atomic E-state index is -0.525. The molecule has 2 aromatic carbocycles. The monoisotopic (exact) mass is 905 g/mol. The van der Waals surface area contributed by atoms with E-state index in [-0.39, 0.29) is 50.5 Å². The second kappa shape index (κ2) is 20.4. The van der Waals surface area contributed by atoms with E-state index in [1.165, 1.54) is 34.8 Å². The van der Waals surface area contributed by atoms with E-state index in [1.807, 2.05) is 47.2 Å². The number of rotatable bonds is 14. The number of ketones is 1. The van der Waals surface area contributed by atoms with Crippen molar-refractivity contribution in [3.8, 4) is 11.5 Å². The summed E-state index contributed by atoms with van der Waals surface area (Å²) in [6, 6.07) is 21.4. The minimum Gasteiger partial charge on any atom is -0.487 e. The molecule has 2 aliphatic rings. The van der Waals surface area contributed by atoms with Crippen molar-refractivity contribution >= 4 is 73.6 Å². The van der Waals surface area contributed by atoms with Crippen LogP contribution in [0.3, 0.4) is 0 Å². The lowest BCUT2D eigenvalue weighted by molar-refractivity contribution is -0.120. The second-order valence-electron chi connectivity index (χ2n) is 15.8. The molecular weight excluding hydrogens is 860 g/mol. The zero-order chi connectivity index (χ0) is 42.8. The molecule has 6 aromatic rings. The van der Waals surface area contributed by atoms with Crippen LogP contribution in [0.15, 0.2) is 96.0 Å². The molecule has 4 heterocycles. The van der Waals surface area contributed by atoms with E-state index in [0.29, 0.717) is 19.3 Å². The summed E-state index contributed by atoms with van der Waals surface area (Å²) in [4.78, 5) is 30.0. The smallest absolute Gasteiger partial charge is 0.188 e. The summed E-state index contributed by atoms with van der Waals surface area (Å²) in [7, 11) is 0. The molecule has 4 N–H and O–H groups in total. The van der Waals surface area contributed by atoms with Gasteiger partial charge in [0, 0.05) is 52.9 Å². The summed E-state index contributed by atoms with van der Waals surface area (Å²) >= 11 is 14.7. The number of anilines is 4. The van der Waals surface area contributed by atoms with Gasteiger partial charge < -0.3 is 30.6 Å². The van der Waals surface area contributed by atoms with E-state index < -0.39 is 11.6 Å². The van der Waals surface area contributed by atoms with Gasteiger partial charge in [-0.1, -0.05) is 47.5 Å². The first-order chi connectivity index (χ1) is 29.4. The molecule has 0 spiro atoms. The molecule has 0 unspecified atom stereocenters. The Morgan fingerprint density at radius 1 is 0.721 bits per heavy atom. The van der Waals surface area contributed by atoms with Crippen molar-refractivity contribution in [2.24, 2.45) is 11.1 Å². The van der Waals surface area contributed by atoms with Gasteiger partial charge in [-0.15, -0.1) is 22.7 Å². The third-order valence-corrected chi connectivity index (χ3v) is 13.0. The van der Waals surface area contributed by atoms with Crippen LogP contribution < -0.4 is 25.8 Å². The predicted octanol–water partition coefficient (Wildman–Crippen LogP) is 11.9. The van der Waals surface area contributed by atoms with Gasteiger partial charge in [-0.3, -0.25) is 0 Å². The van der Waals surface area contributed by atoms with Crippen molar-refractivity contribution in [2.45, 2.75) is 95.3 Å². The summed E-state index contributed by atoms with van der Waals surface area (Å²) < 4.78 is 40.1. The number of carbonyl (C=O) groups excluding carboxylic acids is 1. The van der Waals surface area contributed by atoms with Crippen LogP contribution in [-0.2, 0) is 17.6 Å². The number of carbonyl (C=O) groups is 1. The first-order valence-electron chi connectivity index (χ1n) is 20.2. The van der Waals surface area contributed by atoms with E-state index in [4.69, 9.17) is 43.4 Å². The first-order valence-corrected chi connectivity index (χ1v) is 22.7. The maximum absolute atomic E-state index is 14.2. The largest absolute Gasteiger partial charge is 0.487 e. The summed E-state index contributed by atoms with van der Waals surface area (Å²) in [6.07, 6.45) is 11.4. The Labute approximate surface area is 372 Å². The van der Waals surface area contributed by atoms with Crippen LogP contribution in [0.25, 0.3) is 0 Å². The summed E-state index contributed by atoms with van der Waals surface area (Å²) in [5.74, 6) is 1.02. The molecule has 0 atom stereocenters. The highest BCUT2D eigenvalue weighted by atomic mass is 35.5. The fraction of sp³-hybridized carbons (Fsp3) is 0.356. The highest BCUT2D eigenvalue weighted by Gasteiger charge is 2.38. The molecule has 0 aliphatic heterocycles. The lowest BCUT2D eigenvalue weighted by atomic mass is 9.67. The van der Waals surface area contributed by atoms with Crippen LogP contribution >= 0.6 is 45.9 Å². The van der Waals surface area contributed by atoms with E-state index in [2.05, 4.69) is 25.6 Å². The Morgan fingerprint density at radius 3 is 1.64 bits per heavy atom. The summed E-state index contributed by atoms with van der Waals surface area (Å²) in [6.45, 7) is 1.64. The second-order valence-corrected chi connectivity index (χ2v) is 18.4. The molecule has 61 heavy (non-hydrogen) atoms. The van der Waals surface area contributed by atoms with Gasteiger partial charge in [0.1, 0.15) is 17.4 Å². The molecule has 0 amide bonds. The molecule has 0 saturated heterocycles. The van der Waals surface area contributed by atoms with Crippen molar-refractivity contribution in [2.75, 3.05) is 10.6 Å². The van der Waals surface area contributed by atoms with Crippen molar-refractivity contribution < 1.29 is 23.0 Å². The number of hydrogen-bond acceptors (Lipinski definition) is 12. The predicted molar refractivity (Wildman–Crippen MR) is 240 cm³/mol. The molecule has 4 aromatic heterocycles. The summed E-state index contributed by atoms with van der Waals surface area (Å²) in [5.41, 5.74) is 8.02. The van der Waals surface area contributed by atoms with Crippen molar-refractivity contribution in [3.05, 3.63) is 129 Å². The molecule has 2 fully saturated rings. The lowest BCUT2D eigenvalue weighted by Gasteiger charge is -2.39. The van der Waals surface area contributed by atoms with Gasteiger partial charge >= 0.3 is 0 Å². The first kappa shape index (κ1) is 44.3. The number of thiazole rings is 2. The Hall–Kier alpha value is -4.73. The van der Waals surface area contributed by atoms with Crippen LogP contribution in [-0.4, -0.2) is 43.5 Å². The van der Waals surface area contributed by atoms with E-state index >= 15 is 0 Å². The zero-order valence-corrected chi connectivity index (χ0v) is 36.7. The van der Waals surface area contributed by atoms with Gasteiger partial charge in [0.15, 0.2) is 33.4 Å². The molecule has 16 heteroatoms. The van der Waals surface area contributed by atoms with Gasteiger partial charge in [-0.25, -0.2) is 28.7 Å².